The molecule has 0 fully saturated rings. The van der Waals surface area contributed by atoms with E-state index in [0.29, 0.717) is 5.88 Å². The van der Waals surface area contributed by atoms with Gasteiger partial charge in [-0.15, -0.1) is 0 Å². The molecule has 0 aliphatic heterocycles. The summed E-state index contributed by atoms with van der Waals surface area (Å²) in [6, 6.07) is 7.80. The molecule has 82 valence electrons. The lowest BCUT2D eigenvalue weighted by Crippen LogP contribution is -2.07. The average molecular weight is 214 g/mol. The zero-order valence-electron chi connectivity index (χ0n) is 9.42. The summed E-state index contributed by atoms with van der Waals surface area (Å²) in [5, 5.41) is 0. The lowest BCUT2D eigenvalue weighted by molar-refractivity contribution is 0.234. The van der Waals surface area contributed by atoms with E-state index in [1.54, 1.807) is 18.6 Å². The molecule has 0 unspecified atom stereocenters. The van der Waals surface area contributed by atoms with E-state index in [0.717, 1.165) is 11.1 Å². The lowest BCUT2D eigenvalue weighted by atomic mass is 10.1. The number of nitrogens with zero attached hydrogens (tertiary/aromatic N) is 2. The second-order valence-electron chi connectivity index (χ2n) is 3.76. The fourth-order valence-corrected chi connectivity index (χ4v) is 1.46. The van der Waals surface area contributed by atoms with Gasteiger partial charge in [0.2, 0.25) is 5.88 Å². The molecule has 0 radical (unpaired) electrons. The molecule has 2 aromatic heterocycles. The van der Waals surface area contributed by atoms with Gasteiger partial charge in [-0.05, 0) is 43.7 Å². The van der Waals surface area contributed by atoms with Crippen molar-refractivity contribution < 1.29 is 4.74 Å². The Labute approximate surface area is 95.1 Å². The van der Waals surface area contributed by atoms with Crippen molar-refractivity contribution in [3.8, 4) is 17.0 Å². The third-order valence-electron chi connectivity index (χ3n) is 2.11. The van der Waals surface area contributed by atoms with Gasteiger partial charge in [0, 0.05) is 24.2 Å². The molecule has 0 aromatic carbocycles. The van der Waals surface area contributed by atoms with Crippen LogP contribution in [0, 0.1) is 0 Å². The van der Waals surface area contributed by atoms with Gasteiger partial charge < -0.3 is 4.74 Å². The van der Waals surface area contributed by atoms with Gasteiger partial charge >= 0.3 is 0 Å². The second kappa shape index (κ2) is 4.75. The molecule has 3 heteroatoms. The van der Waals surface area contributed by atoms with E-state index >= 15 is 0 Å². The van der Waals surface area contributed by atoms with E-state index < -0.39 is 0 Å². The first-order valence-electron chi connectivity index (χ1n) is 5.29. The van der Waals surface area contributed by atoms with Crippen molar-refractivity contribution in [2.24, 2.45) is 0 Å². The summed E-state index contributed by atoms with van der Waals surface area (Å²) < 4.78 is 5.67. The molecule has 0 saturated heterocycles. The monoisotopic (exact) mass is 214 g/mol. The van der Waals surface area contributed by atoms with Crippen molar-refractivity contribution in [3.05, 3.63) is 42.9 Å². The summed E-state index contributed by atoms with van der Waals surface area (Å²) in [5.74, 6) is 0.670. The van der Waals surface area contributed by atoms with E-state index in [2.05, 4.69) is 9.97 Å². The van der Waals surface area contributed by atoms with Crippen LogP contribution in [0.25, 0.3) is 11.1 Å². The van der Waals surface area contributed by atoms with Crippen LogP contribution in [-0.4, -0.2) is 16.1 Å². The molecule has 0 amide bonds. The zero-order chi connectivity index (χ0) is 11.4. The van der Waals surface area contributed by atoms with Crippen LogP contribution in [0.3, 0.4) is 0 Å². The summed E-state index contributed by atoms with van der Waals surface area (Å²) in [6.45, 7) is 3.98. The molecular weight excluding hydrogens is 200 g/mol. The Morgan fingerprint density at radius 2 is 1.81 bits per heavy atom. The summed E-state index contributed by atoms with van der Waals surface area (Å²) in [7, 11) is 0. The van der Waals surface area contributed by atoms with Crippen LogP contribution in [-0.2, 0) is 0 Å². The SMILES string of the molecule is CC(C)Oc1ncccc1-c1ccncc1. The highest BCUT2D eigenvalue weighted by atomic mass is 16.5. The van der Waals surface area contributed by atoms with Crippen LogP contribution in [0.5, 0.6) is 5.88 Å². The first-order chi connectivity index (χ1) is 7.77. The van der Waals surface area contributed by atoms with Crippen LogP contribution < -0.4 is 4.74 Å². The largest absolute Gasteiger partial charge is 0.475 e. The van der Waals surface area contributed by atoms with Gasteiger partial charge in [0.25, 0.3) is 0 Å². The number of ether oxygens (including phenoxy) is 1. The number of hydrogen-bond donors (Lipinski definition) is 0. The molecule has 16 heavy (non-hydrogen) atoms. The molecule has 2 aromatic rings. The predicted octanol–water partition coefficient (Wildman–Crippen LogP) is 2.93. The molecular formula is C13H14N2O. The first kappa shape index (κ1) is 10.6. The smallest absolute Gasteiger partial charge is 0.221 e. The minimum absolute atomic E-state index is 0.121. The third kappa shape index (κ3) is 2.37. The highest BCUT2D eigenvalue weighted by molar-refractivity contribution is 5.67. The van der Waals surface area contributed by atoms with E-state index in [1.165, 1.54) is 0 Å². The minimum atomic E-state index is 0.121. The third-order valence-corrected chi connectivity index (χ3v) is 2.11. The van der Waals surface area contributed by atoms with E-state index in [4.69, 9.17) is 4.74 Å². The fraction of sp³-hybridized carbons (Fsp3) is 0.231. The Morgan fingerprint density at radius 1 is 1.06 bits per heavy atom. The molecule has 3 nitrogen and oxygen atoms in total. The molecule has 0 aliphatic carbocycles. The van der Waals surface area contributed by atoms with Gasteiger partial charge in [0.05, 0.1) is 6.10 Å². The lowest BCUT2D eigenvalue weighted by Gasteiger charge is -2.12. The zero-order valence-corrected chi connectivity index (χ0v) is 9.42. The van der Waals surface area contributed by atoms with E-state index in [1.807, 2.05) is 38.1 Å². The van der Waals surface area contributed by atoms with Crippen molar-refractivity contribution in [2.75, 3.05) is 0 Å². The van der Waals surface area contributed by atoms with Crippen LogP contribution in [0.15, 0.2) is 42.9 Å². The minimum Gasteiger partial charge on any atom is -0.475 e. The predicted molar refractivity (Wildman–Crippen MR) is 63.2 cm³/mol. The number of pyridine rings is 2. The normalized spacial score (nSPS) is 10.4. The van der Waals surface area contributed by atoms with Gasteiger partial charge in [0.15, 0.2) is 0 Å². The first-order valence-corrected chi connectivity index (χ1v) is 5.29. The molecule has 2 heterocycles. The van der Waals surface area contributed by atoms with Gasteiger partial charge in [0.1, 0.15) is 0 Å². The molecule has 2 rings (SSSR count). The number of rotatable bonds is 3. The van der Waals surface area contributed by atoms with Crippen LogP contribution in [0.2, 0.25) is 0 Å². The van der Waals surface area contributed by atoms with Gasteiger partial charge in [-0.2, -0.15) is 0 Å². The summed E-state index contributed by atoms with van der Waals surface area (Å²) >= 11 is 0. The van der Waals surface area contributed by atoms with Crippen LogP contribution in [0.4, 0.5) is 0 Å². The average Bonchev–Trinajstić information content (AvgIpc) is 2.30. The highest BCUT2D eigenvalue weighted by Gasteiger charge is 2.07. The molecule has 0 bridgehead atoms. The van der Waals surface area contributed by atoms with Crippen molar-refractivity contribution in [1.82, 2.24) is 9.97 Å². The Bertz CT molecular complexity index is 454. The quantitative estimate of drug-likeness (QED) is 0.788. The summed E-state index contributed by atoms with van der Waals surface area (Å²) in [5.41, 5.74) is 2.07. The summed E-state index contributed by atoms with van der Waals surface area (Å²) in [4.78, 5) is 8.25. The highest BCUT2D eigenvalue weighted by Crippen LogP contribution is 2.27. The van der Waals surface area contributed by atoms with Crippen molar-refractivity contribution >= 4 is 0 Å². The molecule has 0 spiro atoms. The van der Waals surface area contributed by atoms with Crippen molar-refractivity contribution in [2.45, 2.75) is 20.0 Å². The summed E-state index contributed by atoms with van der Waals surface area (Å²) in [6.07, 6.45) is 5.39. The number of hydrogen-bond acceptors (Lipinski definition) is 3. The van der Waals surface area contributed by atoms with E-state index in [-0.39, 0.29) is 6.10 Å². The van der Waals surface area contributed by atoms with Crippen molar-refractivity contribution in [3.63, 3.8) is 0 Å². The second-order valence-corrected chi connectivity index (χ2v) is 3.76. The Morgan fingerprint density at radius 3 is 2.50 bits per heavy atom. The maximum Gasteiger partial charge on any atom is 0.221 e. The topological polar surface area (TPSA) is 35.0 Å². The number of aromatic nitrogens is 2. The van der Waals surface area contributed by atoms with Crippen molar-refractivity contribution in [1.29, 1.82) is 0 Å². The maximum absolute atomic E-state index is 5.67. The van der Waals surface area contributed by atoms with Gasteiger partial charge in [-0.3, -0.25) is 4.98 Å². The Balaban J connectivity index is 2.41. The Hall–Kier alpha value is -1.90. The molecule has 0 aliphatic rings. The van der Waals surface area contributed by atoms with Crippen LogP contribution >= 0.6 is 0 Å². The molecule has 0 N–H and O–H groups in total. The van der Waals surface area contributed by atoms with E-state index in [9.17, 15) is 0 Å². The molecule has 0 saturated carbocycles. The fourth-order valence-electron chi connectivity index (χ4n) is 1.46. The van der Waals surface area contributed by atoms with Crippen LogP contribution in [0.1, 0.15) is 13.8 Å². The van der Waals surface area contributed by atoms with Gasteiger partial charge in [-0.1, -0.05) is 0 Å². The Kier molecular flexibility index (Phi) is 3.15. The maximum atomic E-state index is 5.67. The standard InChI is InChI=1S/C13H14N2O/c1-10(2)16-13-12(4-3-7-15-13)11-5-8-14-9-6-11/h3-10H,1-2H3. The molecule has 0 atom stereocenters. The van der Waals surface area contributed by atoms with Gasteiger partial charge in [-0.25, -0.2) is 4.98 Å².